The van der Waals surface area contributed by atoms with Crippen LogP contribution >= 0.6 is 11.8 Å². The standard InChI is InChI=1S/C22H20N2O4S/c1-14(25)24-16-6-9-18(10-7-16)29-21-5-3-2-4-15(21)13-23-17-8-11-20(26)19(12-17)22(27)28/h2-12,23,26H,13H2,1H3,(H,24,25)(H,27,28). The molecule has 0 aliphatic rings. The number of phenols is 1. The molecule has 29 heavy (non-hydrogen) atoms. The lowest BCUT2D eigenvalue weighted by Gasteiger charge is -2.12. The number of benzene rings is 3. The van der Waals surface area contributed by atoms with E-state index in [1.807, 2.05) is 48.5 Å². The van der Waals surface area contributed by atoms with Crippen molar-refractivity contribution in [1.82, 2.24) is 0 Å². The van der Waals surface area contributed by atoms with E-state index < -0.39 is 5.97 Å². The summed E-state index contributed by atoms with van der Waals surface area (Å²) in [5.74, 6) is -1.55. The second-order valence-corrected chi connectivity index (χ2v) is 7.42. The molecular weight excluding hydrogens is 388 g/mol. The first kappa shape index (κ1) is 20.3. The van der Waals surface area contributed by atoms with Crippen molar-refractivity contribution in [2.45, 2.75) is 23.3 Å². The van der Waals surface area contributed by atoms with E-state index in [2.05, 4.69) is 10.6 Å². The fourth-order valence-electron chi connectivity index (χ4n) is 2.70. The molecule has 4 N–H and O–H groups in total. The van der Waals surface area contributed by atoms with Gasteiger partial charge in [0.15, 0.2) is 0 Å². The third kappa shape index (κ3) is 5.52. The van der Waals surface area contributed by atoms with Gasteiger partial charge < -0.3 is 20.8 Å². The Morgan fingerprint density at radius 2 is 1.66 bits per heavy atom. The summed E-state index contributed by atoms with van der Waals surface area (Å²) in [5.41, 5.74) is 2.27. The molecule has 0 unspecified atom stereocenters. The summed E-state index contributed by atoms with van der Waals surface area (Å²) in [4.78, 5) is 24.4. The van der Waals surface area contributed by atoms with Crippen molar-refractivity contribution in [1.29, 1.82) is 0 Å². The van der Waals surface area contributed by atoms with Gasteiger partial charge in [-0.1, -0.05) is 30.0 Å². The first-order valence-electron chi connectivity index (χ1n) is 8.86. The monoisotopic (exact) mass is 408 g/mol. The lowest BCUT2D eigenvalue weighted by molar-refractivity contribution is -0.114. The molecule has 0 radical (unpaired) electrons. The molecule has 1 amide bonds. The Hall–Kier alpha value is -3.45. The molecule has 3 aromatic rings. The van der Waals surface area contributed by atoms with Crippen LogP contribution in [0.3, 0.4) is 0 Å². The Labute approximate surface area is 172 Å². The molecule has 0 saturated heterocycles. The quantitative estimate of drug-likeness (QED) is 0.419. The Morgan fingerprint density at radius 1 is 0.966 bits per heavy atom. The number of aromatic carboxylic acids is 1. The molecule has 0 spiro atoms. The third-order valence-electron chi connectivity index (χ3n) is 4.09. The normalized spacial score (nSPS) is 10.4. The molecule has 0 fully saturated rings. The van der Waals surface area contributed by atoms with Crippen LogP contribution in [-0.4, -0.2) is 22.1 Å². The van der Waals surface area contributed by atoms with Crippen molar-refractivity contribution in [3.8, 4) is 5.75 Å². The van der Waals surface area contributed by atoms with E-state index in [0.29, 0.717) is 12.2 Å². The van der Waals surface area contributed by atoms with Gasteiger partial charge in [-0.25, -0.2) is 4.79 Å². The molecule has 0 aromatic heterocycles. The number of carbonyl (C=O) groups excluding carboxylic acids is 1. The van der Waals surface area contributed by atoms with Crippen LogP contribution in [0.5, 0.6) is 5.75 Å². The topological polar surface area (TPSA) is 98.7 Å². The molecular formula is C22H20N2O4S. The fraction of sp³-hybridized carbons (Fsp3) is 0.0909. The van der Waals surface area contributed by atoms with Gasteiger partial charge in [-0.3, -0.25) is 4.79 Å². The zero-order valence-corrected chi connectivity index (χ0v) is 16.5. The molecule has 0 heterocycles. The van der Waals surface area contributed by atoms with Crippen molar-refractivity contribution >= 4 is 35.0 Å². The second-order valence-electron chi connectivity index (χ2n) is 6.31. The van der Waals surface area contributed by atoms with E-state index in [9.17, 15) is 14.7 Å². The second kappa shape index (κ2) is 9.16. The van der Waals surface area contributed by atoms with Gasteiger partial charge in [-0.05, 0) is 54.1 Å². The molecule has 0 aliphatic carbocycles. The predicted octanol–water partition coefficient (Wildman–Crippen LogP) is 4.81. The zero-order valence-electron chi connectivity index (χ0n) is 15.7. The Kier molecular flexibility index (Phi) is 6.41. The van der Waals surface area contributed by atoms with Crippen LogP contribution in [0.15, 0.2) is 76.5 Å². The van der Waals surface area contributed by atoms with Gasteiger partial charge in [0.1, 0.15) is 11.3 Å². The first-order chi connectivity index (χ1) is 13.9. The van der Waals surface area contributed by atoms with Crippen LogP contribution in [0.2, 0.25) is 0 Å². The summed E-state index contributed by atoms with van der Waals surface area (Å²) in [6.45, 7) is 1.97. The van der Waals surface area contributed by atoms with E-state index in [1.165, 1.54) is 19.1 Å². The fourth-order valence-corrected chi connectivity index (χ4v) is 3.64. The van der Waals surface area contributed by atoms with Gasteiger partial charge in [0.25, 0.3) is 0 Å². The van der Waals surface area contributed by atoms with Gasteiger partial charge in [0, 0.05) is 34.6 Å². The predicted molar refractivity (Wildman–Crippen MR) is 114 cm³/mol. The maximum absolute atomic E-state index is 11.2. The minimum absolute atomic E-state index is 0.109. The molecule has 0 saturated carbocycles. The van der Waals surface area contributed by atoms with Crippen LogP contribution < -0.4 is 10.6 Å². The Bertz CT molecular complexity index is 1040. The molecule has 0 atom stereocenters. The smallest absolute Gasteiger partial charge is 0.339 e. The molecule has 3 rings (SSSR count). The average Bonchev–Trinajstić information content (AvgIpc) is 2.69. The Balaban J connectivity index is 1.72. The lowest BCUT2D eigenvalue weighted by Crippen LogP contribution is -2.05. The molecule has 3 aromatic carbocycles. The number of carbonyl (C=O) groups is 2. The summed E-state index contributed by atoms with van der Waals surface area (Å²) in [5, 5.41) is 24.7. The zero-order chi connectivity index (χ0) is 20.8. The van der Waals surface area contributed by atoms with E-state index in [0.717, 1.165) is 21.0 Å². The van der Waals surface area contributed by atoms with Crippen LogP contribution in [0, 0.1) is 0 Å². The van der Waals surface area contributed by atoms with Crippen molar-refractivity contribution in [3.63, 3.8) is 0 Å². The lowest BCUT2D eigenvalue weighted by atomic mass is 10.1. The van der Waals surface area contributed by atoms with Crippen molar-refractivity contribution in [2.24, 2.45) is 0 Å². The highest BCUT2D eigenvalue weighted by Crippen LogP contribution is 2.32. The highest BCUT2D eigenvalue weighted by molar-refractivity contribution is 7.99. The number of carboxylic acid groups (broad SMARTS) is 1. The number of hydrogen-bond acceptors (Lipinski definition) is 5. The summed E-state index contributed by atoms with van der Waals surface area (Å²) in [6.07, 6.45) is 0. The summed E-state index contributed by atoms with van der Waals surface area (Å²) in [7, 11) is 0. The summed E-state index contributed by atoms with van der Waals surface area (Å²) in [6, 6.07) is 19.9. The summed E-state index contributed by atoms with van der Waals surface area (Å²) < 4.78 is 0. The van der Waals surface area contributed by atoms with Gasteiger partial charge in [-0.15, -0.1) is 0 Å². The summed E-state index contributed by atoms with van der Waals surface area (Å²) >= 11 is 1.60. The maximum Gasteiger partial charge on any atom is 0.339 e. The van der Waals surface area contributed by atoms with Gasteiger partial charge in [0.05, 0.1) is 0 Å². The van der Waals surface area contributed by atoms with Crippen LogP contribution in [0.25, 0.3) is 0 Å². The van der Waals surface area contributed by atoms with Gasteiger partial charge >= 0.3 is 5.97 Å². The molecule has 0 bridgehead atoms. The van der Waals surface area contributed by atoms with E-state index in [1.54, 1.807) is 17.8 Å². The Morgan fingerprint density at radius 3 is 2.34 bits per heavy atom. The number of carboxylic acids is 1. The SMILES string of the molecule is CC(=O)Nc1ccc(Sc2ccccc2CNc2ccc(O)c(C(=O)O)c2)cc1. The first-order valence-corrected chi connectivity index (χ1v) is 9.67. The highest BCUT2D eigenvalue weighted by atomic mass is 32.2. The minimum Gasteiger partial charge on any atom is -0.507 e. The van der Waals surface area contributed by atoms with Crippen LogP contribution in [0.4, 0.5) is 11.4 Å². The largest absolute Gasteiger partial charge is 0.507 e. The van der Waals surface area contributed by atoms with Crippen LogP contribution in [-0.2, 0) is 11.3 Å². The number of aromatic hydroxyl groups is 1. The number of anilines is 2. The maximum atomic E-state index is 11.2. The minimum atomic E-state index is -1.18. The molecule has 148 valence electrons. The van der Waals surface area contributed by atoms with E-state index in [-0.39, 0.29) is 17.2 Å². The number of nitrogens with one attached hydrogen (secondary N) is 2. The molecule has 0 aliphatic heterocycles. The van der Waals surface area contributed by atoms with E-state index >= 15 is 0 Å². The third-order valence-corrected chi connectivity index (χ3v) is 5.21. The van der Waals surface area contributed by atoms with Crippen LogP contribution in [0.1, 0.15) is 22.8 Å². The average molecular weight is 408 g/mol. The van der Waals surface area contributed by atoms with Crippen molar-refractivity contribution in [3.05, 3.63) is 77.9 Å². The van der Waals surface area contributed by atoms with Gasteiger partial charge in [-0.2, -0.15) is 0 Å². The number of hydrogen-bond donors (Lipinski definition) is 4. The van der Waals surface area contributed by atoms with Crippen molar-refractivity contribution < 1.29 is 19.8 Å². The van der Waals surface area contributed by atoms with Crippen molar-refractivity contribution in [2.75, 3.05) is 10.6 Å². The highest BCUT2D eigenvalue weighted by Gasteiger charge is 2.11. The molecule has 7 heteroatoms. The molecule has 6 nitrogen and oxygen atoms in total. The number of rotatable bonds is 7. The van der Waals surface area contributed by atoms with E-state index in [4.69, 9.17) is 5.11 Å². The number of amides is 1. The van der Waals surface area contributed by atoms with Gasteiger partial charge in [0.2, 0.25) is 5.91 Å².